The predicted octanol–water partition coefficient (Wildman–Crippen LogP) is 4.24. The van der Waals surface area contributed by atoms with Gasteiger partial charge < -0.3 is 25.1 Å². The third kappa shape index (κ3) is 6.24. The van der Waals surface area contributed by atoms with E-state index in [0.717, 1.165) is 16.8 Å². The quantitative estimate of drug-likeness (QED) is 0.486. The molecule has 176 valence electrons. The molecule has 1 aliphatic heterocycles. The van der Waals surface area contributed by atoms with E-state index in [1.165, 1.54) is 7.11 Å². The third-order valence-corrected chi connectivity index (χ3v) is 5.74. The molecule has 0 aliphatic carbocycles. The van der Waals surface area contributed by atoms with Crippen molar-refractivity contribution >= 4 is 34.9 Å². The summed E-state index contributed by atoms with van der Waals surface area (Å²) in [5.74, 6) is -0.183. The zero-order chi connectivity index (χ0) is 24.0. The van der Waals surface area contributed by atoms with Gasteiger partial charge in [0.05, 0.1) is 35.1 Å². The van der Waals surface area contributed by atoms with Crippen molar-refractivity contribution in [2.24, 2.45) is 5.16 Å². The Morgan fingerprint density at radius 2 is 1.88 bits per heavy atom. The molecule has 1 fully saturated rings. The molecular formula is C24H29ClN4O4. The Hall–Kier alpha value is -3.10. The van der Waals surface area contributed by atoms with Gasteiger partial charge in [-0.15, -0.1) is 0 Å². The molecule has 0 unspecified atom stereocenters. The van der Waals surface area contributed by atoms with Crippen LogP contribution in [0.3, 0.4) is 0 Å². The van der Waals surface area contributed by atoms with Crippen LogP contribution in [0, 0.1) is 0 Å². The predicted molar refractivity (Wildman–Crippen MR) is 129 cm³/mol. The van der Waals surface area contributed by atoms with Gasteiger partial charge in [-0.25, -0.2) is 4.79 Å². The summed E-state index contributed by atoms with van der Waals surface area (Å²) in [6.45, 7) is 7.68. The van der Waals surface area contributed by atoms with Gasteiger partial charge in [0.1, 0.15) is 7.11 Å². The van der Waals surface area contributed by atoms with Crippen molar-refractivity contribution in [1.29, 1.82) is 0 Å². The van der Waals surface area contributed by atoms with Gasteiger partial charge in [-0.3, -0.25) is 4.79 Å². The zero-order valence-electron chi connectivity index (χ0n) is 19.3. The molecule has 2 aromatic carbocycles. The minimum atomic E-state index is -0.674. The second-order valence-corrected chi connectivity index (χ2v) is 8.65. The number of halogens is 1. The molecule has 1 saturated heterocycles. The molecule has 8 nitrogen and oxygen atoms in total. The van der Waals surface area contributed by atoms with Crippen molar-refractivity contribution < 1.29 is 19.2 Å². The SMILES string of the molecule is CON=C(C)c1cccc(C(C)(C)NC(=O)Nc2ccc(Cl)c(C(=O)N3CCOCC3)c2)c1. The molecule has 0 radical (unpaired) electrons. The molecule has 0 atom stereocenters. The number of hydrogen-bond donors (Lipinski definition) is 2. The van der Waals surface area contributed by atoms with Gasteiger partial charge >= 0.3 is 6.03 Å². The third-order valence-electron chi connectivity index (χ3n) is 5.41. The molecule has 0 aromatic heterocycles. The Morgan fingerprint density at radius 3 is 2.58 bits per heavy atom. The second kappa shape index (κ2) is 10.7. The minimum absolute atomic E-state index is 0.183. The average molecular weight is 473 g/mol. The maximum absolute atomic E-state index is 12.8. The fourth-order valence-corrected chi connectivity index (χ4v) is 3.74. The van der Waals surface area contributed by atoms with E-state index in [9.17, 15) is 9.59 Å². The highest BCUT2D eigenvalue weighted by Gasteiger charge is 2.25. The first-order chi connectivity index (χ1) is 15.7. The molecule has 1 heterocycles. The second-order valence-electron chi connectivity index (χ2n) is 8.24. The van der Waals surface area contributed by atoms with E-state index in [1.54, 1.807) is 23.1 Å². The Labute approximate surface area is 198 Å². The molecule has 0 saturated carbocycles. The van der Waals surface area contributed by atoms with Crippen molar-refractivity contribution in [2.45, 2.75) is 26.3 Å². The average Bonchev–Trinajstić information content (AvgIpc) is 2.80. The van der Waals surface area contributed by atoms with Gasteiger partial charge in [0.15, 0.2) is 0 Å². The van der Waals surface area contributed by atoms with Gasteiger partial charge in [-0.1, -0.05) is 35.0 Å². The lowest BCUT2D eigenvalue weighted by Gasteiger charge is -2.28. The van der Waals surface area contributed by atoms with Crippen LogP contribution in [0.4, 0.5) is 10.5 Å². The fraction of sp³-hybridized carbons (Fsp3) is 0.375. The molecule has 2 aromatic rings. The van der Waals surface area contributed by atoms with E-state index in [2.05, 4.69) is 15.8 Å². The molecule has 0 spiro atoms. The largest absolute Gasteiger partial charge is 0.399 e. The zero-order valence-corrected chi connectivity index (χ0v) is 20.0. The molecule has 2 N–H and O–H groups in total. The van der Waals surface area contributed by atoms with Crippen LogP contribution in [-0.4, -0.2) is 56.0 Å². The first-order valence-corrected chi connectivity index (χ1v) is 11.0. The van der Waals surface area contributed by atoms with E-state index >= 15 is 0 Å². The van der Waals surface area contributed by atoms with Crippen LogP contribution in [-0.2, 0) is 15.1 Å². The smallest absolute Gasteiger partial charge is 0.319 e. The van der Waals surface area contributed by atoms with Crippen LogP contribution < -0.4 is 10.6 Å². The fourth-order valence-electron chi connectivity index (χ4n) is 3.54. The number of carbonyl (C=O) groups excluding carboxylic acids is 2. The summed E-state index contributed by atoms with van der Waals surface area (Å²) in [5, 5.41) is 10.1. The van der Waals surface area contributed by atoms with E-state index < -0.39 is 11.6 Å². The number of carbonyl (C=O) groups is 2. The van der Waals surface area contributed by atoms with E-state index in [-0.39, 0.29) is 5.91 Å². The Morgan fingerprint density at radius 1 is 1.15 bits per heavy atom. The van der Waals surface area contributed by atoms with Crippen molar-refractivity contribution in [2.75, 3.05) is 38.7 Å². The van der Waals surface area contributed by atoms with Gasteiger partial charge in [0.25, 0.3) is 5.91 Å². The lowest BCUT2D eigenvalue weighted by atomic mass is 9.92. The number of benzene rings is 2. The minimum Gasteiger partial charge on any atom is -0.399 e. The van der Waals surface area contributed by atoms with Crippen molar-refractivity contribution in [3.63, 3.8) is 0 Å². The van der Waals surface area contributed by atoms with Gasteiger partial charge in [-0.05, 0) is 56.2 Å². The van der Waals surface area contributed by atoms with Crippen molar-refractivity contribution in [1.82, 2.24) is 10.2 Å². The number of rotatable bonds is 6. The number of morpholine rings is 1. The summed E-state index contributed by atoms with van der Waals surface area (Å²) < 4.78 is 5.30. The van der Waals surface area contributed by atoms with E-state index in [0.29, 0.717) is 42.6 Å². The summed E-state index contributed by atoms with van der Waals surface area (Å²) in [6.07, 6.45) is 0. The number of amides is 3. The monoisotopic (exact) mass is 472 g/mol. The summed E-state index contributed by atoms with van der Waals surface area (Å²) in [4.78, 5) is 32.2. The van der Waals surface area contributed by atoms with Crippen LogP contribution in [0.1, 0.15) is 42.3 Å². The van der Waals surface area contributed by atoms with Crippen LogP contribution in [0.2, 0.25) is 5.02 Å². The van der Waals surface area contributed by atoms with Crippen molar-refractivity contribution in [3.8, 4) is 0 Å². The standard InChI is InChI=1S/C24H29ClN4O4/c1-16(28-32-4)17-6-5-7-18(14-17)24(2,3)27-23(31)26-19-8-9-21(25)20(15-19)22(30)29-10-12-33-13-11-29/h5-9,14-15H,10-13H2,1-4H3,(H2,26,27,31). The first kappa shape index (κ1) is 24.5. The van der Waals surface area contributed by atoms with E-state index in [1.807, 2.05) is 45.0 Å². The molecule has 3 amide bonds. The number of oxime groups is 1. The lowest BCUT2D eigenvalue weighted by Crippen LogP contribution is -2.43. The number of nitrogens with zero attached hydrogens (tertiary/aromatic N) is 2. The number of nitrogens with one attached hydrogen (secondary N) is 2. The summed E-state index contributed by atoms with van der Waals surface area (Å²) in [5.41, 5.74) is 2.68. The summed E-state index contributed by atoms with van der Waals surface area (Å²) in [7, 11) is 1.50. The summed E-state index contributed by atoms with van der Waals surface area (Å²) >= 11 is 6.27. The van der Waals surface area contributed by atoms with E-state index in [4.69, 9.17) is 21.2 Å². The van der Waals surface area contributed by atoms with Crippen LogP contribution in [0.25, 0.3) is 0 Å². The number of hydrogen-bond acceptors (Lipinski definition) is 5. The van der Waals surface area contributed by atoms with Gasteiger partial charge in [-0.2, -0.15) is 0 Å². The van der Waals surface area contributed by atoms with Gasteiger partial charge in [0.2, 0.25) is 0 Å². The highest BCUT2D eigenvalue weighted by Crippen LogP contribution is 2.24. The van der Waals surface area contributed by atoms with Crippen LogP contribution >= 0.6 is 11.6 Å². The highest BCUT2D eigenvalue weighted by molar-refractivity contribution is 6.34. The van der Waals surface area contributed by atoms with Gasteiger partial charge in [0, 0.05) is 18.8 Å². The lowest BCUT2D eigenvalue weighted by molar-refractivity contribution is 0.0303. The maximum atomic E-state index is 12.8. The molecular weight excluding hydrogens is 444 g/mol. The number of anilines is 1. The van der Waals surface area contributed by atoms with Crippen LogP contribution in [0.15, 0.2) is 47.6 Å². The molecule has 3 rings (SSSR count). The highest BCUT2D eigenvalue weighted by atomic mass is 35.5. The molecule has 1 aliphatic rings. The topological polar surface area (TPSA) is 92.3 Å². The molecule has 9 heteroatoms. The molecule has 33 heavy (non-hydrogen) atoms. The molecule has 0 bridgehead atoms. The Kier molecular flexibility index (Phi) is 7.94. The first-order valence-electron chi connectivity index (χ1n) is 10.7. The normalized spacial score (nSPS) is 14.6. The maximum Gasteiger partial charge on any atom is 0.319 e. The Bertz CT molecular complexity index is 1050. The number of ether oxygens (including phenoxy) is 1. The number of urea groups is 1. The van der Waals surface area contributed by atoms with Crippen molar-refractivity contribution in [3.05, 3.63) is 64.2 Å². The summed E-state index contributed by atoms with van der Waals surface area (Å²) in [6, 6.07) is 12.2. The van der Waals surface area contributed by atoms with Crippen LogP contribution in [0.5, 0.6) is 0 Å². The Balaban J connectivity index is 1.72.